The Morgan fingerprint density at radius 2 is 2.03 bits per heavy atom. The van der Waals surface area contributed by atoms with Crippen LogP contribution in [-0.2, 0) is 4.79 Å². The zero-order valence-corrected chi connectivity index (χ0v) is 21.8. The number of rotatable bonds is 7. The topological polar surface area (TPSA) is 79.4 Å². The normalized spacial score (nSPS) is 17.7. The first kappa shape index (κ1) is 25.4. The summed E-state index contributed by atoms with van der Waals surface area (Å²) in [7, 11) is 2.19. The van der Waals surface area contributed by atoms with Gasteiger partial charge in [0.2, 0.25) is 5.91 Å². The Kier molecular flexibility index (Phi) is 7.31. The van der Waals surface area contributed by atoms with E-state index < -0.39 is 5.82 Å². The van der Waals surface area contributed by atoms with Gasteiger partial charge in [-0.1, -0.05) is 17.7 Å². The number of nitrogens with zero attached hydrogens (tertiary/aromatic N) is 3. The van der Waals surface area contributed by atoms with Crippen molar-refractivity contribution in [1.29, 1.82) is 0 Å². The SMILES string of the molecule is C/C=C/C(=O)Nc1cc2c(Nc3ccc(F)c(Cl)c3)ncnc2cc1OCC1CC2(CCN(C)CC2)C1. The van der Waals surface area contributed by atoms with Gasteiger partial charge in [-0.15, -0.1) is 0 Å². The molecule has 9 heteroatoms. The Morgan fingerprint density at radius 1 is 1.24 bits per heavy atom. The minimum atomic E-state index is -0.497. The molecule has 7 nitrogen and oxygen atoms in total. The van der Waals surface area contributed by atoms with Crippen molar-refractivity contribution in [3.05, 3.63) is 59.7 Å². The number of nitrogens with one attached hydrogen (secondary N) is 2. The van der Waals surface area contributed by atoms with Gasteiger partial charge < -0.3 is 20.3 Å². The zero-order valence-electron chi connectivity index (χ0n) is 21.1. The molecule has 0 radical (unpaired) electrons. The maximum absolute atomic E-state index is 13.6. The van der Waals surface area contributed by atoms with Crippen LogP contribution in [0.1, 0.15) is 32.6 Å². The second kappa shape index (κ2) is 10.6. The molecule has 1 aliphatic carbocycles. The van der Waals surface area contributed by atoms with Gasteiger partial charge in [0.05, 0.1) is 22.8 Å². The molecule has 0 bridgehead atoms. The summed E-state index contributed by atoms with van der Waals surface area (Å²) < 4.78 is 19.9. The Balaban J connectivity index is 1.37. The number of ether oxygens (including phenoxy) is 1. The summed E-state index contributed by atoms with van der Waals surface area (Å²) in [6, 6.07) is 8.00. The van der Waals surface area contributed by atoms with Crippen molar-refractivity contribution in [2.75, 3.05) is 37.4 Å². The van der Waals surface area contributed by atoms with Crippen LogP contribution >= 0.6 is 11.6 Å². The maximum atomic E-state index is 13.6. The second-order valence-electron chi connectivity index (χ2n) is 10.2. The Labute approximate surface area is 221 Å². The standard InChI is InChI=1S/C28H31ClFN5O2/c1-3-4-26(36)34-24-12-20-23(31-17-32-27(20)33-19-5-6-22(30)21(29)11-19)13-25(24)37-16-18-14-28(15-18)7-9-35(2)10-8-28/h3-6,11-13,17-18H,7-10,14-16H2,1-2H3,(H,34,36)(H,31,32,33)/b4-3+. The molecule has 0 atom stereocenters. The lowest BCUT2D eigenvalue weighted by molar-refractivity contribution is -0.111. The third kappa shape index (κ3) is 5.70. The van der Waals surface area contributed by atoms with Gasteiger partial charge in [-0.05, 0) is 94.4 Å². The molecule has 0 unspecified atom stereocenters. The van der Waals surface area contributed by atoms with Gasteiger partial charge in [0.15, 0.2) is 0 Å². The molecule has 5 rings (SSSR count). The summed E-state index contributed by atoms with van der Waals surface area (Å²) in [4.78, 5) is 23.6. The first-order chi connectivity index (χ1) is 17.8. The monoisotopic (exact) mass is 523 g/mol. The molecule has 2 aliphatic rings. The van der Waals surface area contributed by atoms with Crippen LogP contribution in [-0.4, -0.2) is 47.5 Å². The van der Waals surface area contributed by atoms with E-state index in [0.717, 1.165) is 0 Å². The minimum Gasteiger partial charge on any atom is -0.491 e. The van der Waals surface area contributed by atoms with Crippen LogP contribution in [0.3, 0.4) is 0 Å². The van der Waals surface area contributed by atoms with Crippen molar-refractivity contribution >= 4 is 45.6 Å². The van der Waals surface area contributed by atoms with Crippen LogP contribution in [0.2, 0.25) is 5.02 Å². The van der Waals surface area contributed by atoms with E-state index in [-0.39, 0.29) is 10.9 Å². The Morgan fingerprint density at radius 3 is 2.76 bits per heavy atom. The summed E-state index contributed by atoms with van der Waals surface area (Å²) in [5.41, 5.74) is 2.26. The first-order valence-corrected chi connectivity index (χ1v) is 13.0. The molecule has 37 heavy (non-hydrogen) atoms. The zero-order chi connectivity index (χ0) is 26.0. The number of allylic oxidation sites excluding steroid dienone is 1. The summed E-state index contributed by atoms with van der Waals surface area (Å²) in [5.74, 6) is 0.832. The first-order valence-electron chi connectivity index (χ1n) is 12.6. The number of benzene rings is 2. The number of likely N-dealkylation sites (tertiary alicyclic amines) is 1. The number of carbonyl (C=O) groups excluding carboxylic acids is 1. The number of aromatic nitrogens is 2. The van der Waals surface area contributed by atoms with Crippen LogP contribution in [0.4, 0.5) is 21.6 Å². The molecule has 3 aromatic rings. The van der Waals surface area contributed by atoms with E-state index in [4.69, 9.17) is 16.3 Å². The molecular formula is C28H31ClFN5O2. The van der Waals surface area contributed by atoms with Gasteiger partial charge in [0.1, 0.15) is 23.7 Å². The highest BCUT2D eigenvalue weighted by atomic mass is 35.5. The molecule has 1 aliphatic heterocycles. The quantitative estimate of drug-likeness (QED) is 0.360. The van der Waals surface area contributed by atoms with Crippen LogP contribution in [0.5, 0.6) is 5.75 Å². The number of halogens is 2. The minimum absolute atomic E-state index is 0.0105. The van der Waals surface area contributed by atoms with Crippen molar-refractivity contribution in [1.82, 2.24) is 14.9 Å². The number of piperidine rings is 1. The molecule has 1 saturated carbocycles. The molecule has 2 heterocycles. The largest absolute Gasteiger partial charge is 0.491 e. The molecule has 1 saturated heterocycles. The molecule has 194 valence electrons. The highest BCUT2D eigenvalue weighted by Crippen LogP contribution is 2.52. The Bertz CT molecular complexity index is 1330. The third-order valence-electron chi connectivity index (χ3n) is 7.46. The maximum Gasteiger partial charge on any atom is 0.248 e. The second-order valence-corrected chi connectivity index (χ2v) is 10.6. The van der Waals surface area contributed by atoms with E-state index in [1.54, 1.807) is 25.1 Å². The third-order valence-corrected chi connectivity index (χ3v) is 7.75. The van der Waals surface area contributed by atoms with E-state index in [9.17, 15) is 9.18 Å². The summed E-state index contributed by atoms with van der Waals surface area (Å²) in [5, 5.41) is 6.78. The average molecular weight is 524 g/mol. The molecule has 2 fully saturated rings. The smallest absolute Gasteiger partial charge is 0.248 e. The van der Waals surface area contributed by atoms with Crippen molar-refractivity contribution in [3.8, 4) is 5.75 Å². The van der Waals surface area contributed by atoms with E-state index in [2.05, 4.69) is 32.5 Å². The molecule has 1 aromatic heterocycles. The fourth-order valence-electron chi connectivity index (χ4n) is 5.43. The molecule has 1 spiro atoms. The summed E-state index contributed by atoms with van der Waals surface area (Å²) in [6.07, 6.45) is 9.48. The van der Waals surface area contributed by atoms with Crippen LogP contribution < -0.4 is 15.4 Å². The lowest BCUT2D eigenvalue weighted by Crippen LogP contribution is -2.47. The average Bonchev–Trinajstić information content (AvgIpc) is 2.85. The summed E-state index contributed by atoms with van der Waals surface area (Å²) >= 11 is 5.94. The lowest BCUT2D eigenvalue weighted by Gasteiger charge is -2.51. The van der Waals surface area contributed by atoms with Gasteiger partial charge in [-0.2, -0.15) is 0 Å². The van der Waals surface area contributed by atoms with Gasteiger partial charge in [-0.25, -0.2) is 14.4 Å². The predicted octanol–water partition coefficient (Wildman–Crippen LogP) is 6.18. The number of hydrogen-bond donors (Lipinski definition) is 2. The molecule has 1 amide bonds. The van der Waals surface area contributed by atoms with Gasteiger partial charge >= 0.3 is 0 Å². The number of anilines is 3. The molecular weight excluding hydrogens is 493 g/mol. The van der Waals surface area contributed by atoms with Gasteiger partial charge in [0, 0.05) is 17.1 Å². The van der Waals surface area contributed by atoms with Crippen LogP contribution in [0.15, 0.2) is 48.8 Å². The van der Waals surface area contributed by atoms with Crippen molar-refractivity contribution in [2.24, 2.45) is 11.3 Å². The lowest BCUT2D eigenvalue weighted by atomic mass is 9.58. The molecule has 2 N–H and O–H groups in total. The van der Waals surface area contributed by atoms with Crippen molar-refractivity contribution in [2.45, 2.75) is 32.6 Å². The van der Waals surface area contributed by atoms with Crippen molar-refractivity contribution in [3.63, 3.8) is 0 Å². The number of fused-ring (bicyclic) bond motifs is 1. The van der Waals surface area contributed by atoms with E-state index >= 15 is 0 Å². The number of carbonyl (C=O) groups is 1. The molecule has 2 aromatic carbocycles. The van der Waals surface area contributed by atoms with Crippen molar-refractivity contribution < 1.29 is 13.9 Å². The van der Waals surface area contributed by atoms with Gasteiger partial charge in [0.25, 0.3) is 0 Å². The van der Waals surface area contributed by atoms with E-state index in [1.807, 2.05) is 6.07 Å². The van der Waals surface area contributed by atoms with Crippen LogP contribution in [0.25, 0.3) is 10.9 Å². The highest BCUT2D eigenvalue weighted by Gasteiger charge is 2.45. The van der Waals surface area contributed by atoms with Gasteiger partial charge in [-0.3, -0.25) is 4.79 Å². The number of hydrogen-bond acceptors (Lipinski definition) is 6. The fourth-order valence-corrected chi connectivity index (χ4v) is 5.61. The number of amides is 1. The predicted molar refractivity (Wildman–Crippen MR) is 145 cm³/mol. The van der Waals surface area contributed by atoms with Crippen LogP contribution in [0, 0.1) is 17.2 Å². The fraction of sp³-hybridized carbons (Fsp3) is 0.393. The highest BCUT2D eigenvalue weighted by molar-refractivity contribution is 6.31. The Hall–Kier alpha value is -3.23. The van der Waals surface area contributed by atoms with E-state index in [1.165, 1.54) is 63.3 Å². The summed E-state index contributed by atoms with van der Waals surface area (Å²) in [6.45, 7) is 4.72. The van der Waals surface area contributed by atoms with E-state index in [0.29, 0.717) is 51.8 Å².